The molecular formula is C45H46IrNOP-2. The Bertz CT molecular complexity index is 1920. The van der Waals surface area contributed by atoms with Crippen molar-refractivity contribution in [1.29, 1.82) is 0 Å². The Morgan fingerprint density at radius 1 is 0.531 bits per heavy atom. The van der Waals surface area contributed by atoms with E-state index in [1.165, 1.54) is 98.5 Å². The van der Waals surface area contributed by atoms with Gasteiger partial charge in [0, 0.05) is 35.8 Å². The molecule has 49 heavy (non-hydrogen) atoms. The Kier molecular flexibility index (Phi) is 8.11. The zero-order chi connectivity index (χ0) is 31.9. The predicted octanol–water partition coefficient (Wildman–Crippen LogP) is 11.3. The van der Waals surface area contributed by atoms with Gasteiger partial charge in [0.2, 0.25) is 0 Å². The summed E-state index contributed by atoms with van der Waals surface area (Å²) in [5.41, 5.74) is 3.06. The first-order chi connectivity index (χ1) is 23.5. The van der Waals surface area contributed by atoms with E-state index in [9.17, 15) is 0 Å². The molecule has 0 unspecified atom stereocenters. The third-order valence-corrected chi connectivity index (χ3v) is 18.7. The van der Waals surface area contributed by atoms with Crippen molar-refractivity contribution in [2.24, 2.45) is 35.5 Å². The number of nitrogens with zero attached hydrogens (tertiary/aromatic N) is 1. The summed E-state index contributed by atoms with van der Waals surface area (Å²) in [4.78, 5) is 4.84. The van der Waals surface area contributed by atoms with Crippen LogP contribution in [0, 0.1) is 47.6 Å². The fourth-order valence-corrected chi connectivity index (χ4v) is 18.8. The van der Waals surface area contributed by atoms with Crippen LogP contribution >= 0.6 is 7.14 Å². The summed E-state index contributed by atoms with van der Waals surface area (Å²) in [7, 11) is -2.53. The quantitative estimate of drug-likeness (QED) is 0.103. The van der Waals surface area contributed by atoms with E-state index in [1.807, 2.05) is 24.3 Å². The summed E-state index contributed by atoms with van der Waals surface area (Å²) in [6.45, 7) is 0. The average molecular weight is 840 g/mol. The van der Waals surface area contributed by atoms with Crippen molar-refractivity contribution in [2.75, 3.05) is 0 Å². The summed E-state index contributed by atoms with van der Waals surface area (Å²) in [5, 5.41) is 5.04. The molecule has 5 aromatic rings. The monoisotopic (exact) mass is 840 g/mol. The summed E-state index contributed by atoms with van der Waals surface area (Å²) in [5.74, 6) is 5.23. The molecule has 8 saturated carbocycles. The molecule has 0 N–H and O–H groups in total. The summed E-state index contributed by atoms with van der Waals surface area (Å²) < 4.78 is 15.9. The molecule has 253 valence electrons. The van der Waals surface area contributed by atoms with Gasteiger partial charge in [-0.15, -0.1) is 41.2 Å². The van der Waals surface area contributed by atoms with Crippen LogP contribution in [0.15, 0.2) is 97.1 Å². The Balaban J connectivity index is 0.000000137. The second-order valence-electron chi connectivity index (χ2n) is 16.9. The van der Waals surface area contributed by atoms with Gasteiger partial charge in [0.15, 0.2) is 0 Å². The number of fused-ring (bicyclic) bond motifs is 3. The minimum absolute atomic E-state index is 0. The molecule has 8 aliphatic carbocycles. The zero-order valence-electron chi connectivity index (χ0n) is 28.3. The van der Waals surface area contributed by atoms with E-state index in [1.54, 1.807) is 0 Å². The molecular weight excluding hydrogens is 794 g/mol. The van der Waals surface area contributed by atoms with Crippen molar-refractivity contribution < 1.29 is 24.7 Å². The van der Waals surface area contributed by atoms with Crippen LogP contribution in [0.2, 0.25) is 0 Å². The van der Waals surface area contributed by atoms with Crippen LogP contribution in [0.3, 0.4) is 0 Å². The second-order valence-corrected chi connectivity index (χ2v) is 20.5. The maximum atomic E-state index is 15.9. The van der Waals surface area contributed by atoms with Crippen LogP contribution in [-0.2, 0) is 24.7 Å². The molecule has 1 heterocycles. The van der Waals surface area contributed by atoms with E-state index in [2.05, 4.69) is 84.9 Å². The molecule has 8 fully saturated rings. The van der Waals surface area contributed by atoms with Gasteiger partial charge in [-0.2, -0.15) is 30.3 Å². The summed E-state index contributed by atoms with van der Waals surface area (Å²) in [6.07, 6.45) is 16.3. The number of aromatic nitrogens is 1. The number of rotatable bonds is 4. The van der Waals surface area contributed by atoms with Gasteiger partial charge in [-0.3, -0.25) is 4.98 Å². The summed E-state index contributed by atoms with van der Waals surface area (Å²) in [6, 6.07) is 40.1. The number of benzene rings is 4. The van der Waals surface area contributed by atoms with Crippen LogP contribution in [0.25, 0.3) is 32.9 Å². The third kappa shape index (κ3) is 5.11. The van der Waals surface area contributed by atoms with E-state index >= 15 is 4.57 Å². The molecule has 4 aromatic carbocycles. The smallest absolute Gasteiger partial charge is 0.104 e. The van der Waals surface area contributed by atoms with Crippen molar-refractivity contribution in [3.63, 3.8) is 0 Å². The van der Waals surface area contributed by atoms with Gasteiger partial charge in [0.1, 0.15) is 7.14 Å². The Labute approximate surface area is 305 Å². The van der Waals surface area contributed by atoms with Crippen molar-refractivity contribution >= 4 is 34.1 Å². The maximum absolute atomic E-state index is 15.9. The number of pyridine rings is 1. The van der Waals surface area contributed by atoms with Crippen LogP contribution in [0.5, 0.6) is 0 Å². The topological polar surface area (TPSA) is 30.0 Å². The van der Waals surface area contributed by atoms with E-state index in [4.69, 9.17) is 4.98 Å². The molecule has 0 spiro atoms. The molecule has 2 nitrogen and oxygen atoms in total. The molecule has 1 radical (unpaired) electrons. The van der Waals surface area contributed by atoms with Gasteiger partial charge in [-0.1, -0.05) is 42.5 Å². The van der Waals surface area contributed by atoms with Crippen molar-refractivity contribution in [2.45, 2.75) is 87.4 Å². The number of hydrogen-bond donors (Lipinski definition) is 0. The molecule has 0 aliphatic heterocycles. The van der Waals surface area contributed by atoms with Gasteiger partial charge >= 0.3 is 0 Å². The fourth-order valence-electron chi connectivity index (χ4n) is 13.1. The SMILES string of the molecule is O=P(c1[c-]cccc1)(C12CC3CC(CC(C3)C1)C2)C12CC3CC(CC(C3)C1)C2.[Ir].[c-]1ccccc1-c1nc2ccccc2c2ccccc12. The van der Waals surface area contributed by atoms with E-state index < -0.39 is 7.14 Å². The molecule has 0 atom stereocenters. The average Bonchev–Trinajstić information content (AvgIpc) is 3.11. The first-order valence-corrected chi connectivity index (χ1v) is 20.5. The Morgan fingerprint density at radius 2 is 0.980 bits per heavy atom. The minimum atomic E-state index is -2.53. The van der Waals surface area contributed by atoms with Gasteiger partial charge in [0.05, 0.1) is 5.52 Å². The van der Waals surface area contributed by atoms with Gasteiger partial charge in [0.25, 0.3) is 0 Å². The molecule has 0 amide bonds. The van der Waals surface area contributed by atoms with E-state index in [0.717, 1.165) is 52.3 Å². The van der Waals surface area contributed by atoms with Gasteiger partial charge < -0.3 is 4.57 Å². The second kappa shape index (κ2) is 12.3. The van der Waals surface area contributed by atoms with E-state index in [-0.39, 0.29) is 30.4 Å². The van der Waals surface area contributed by atoms with Crippen LogP contribution in [0.4, 0.5) is 0 Å². The van der Waals surface area contributed by atoms with Crippen molar-refractivity contribution in [3.8, 4) is 11.3 Å². The first kappa shape index (κ1) is 32.3. The minimum Gasteiger partial charge on any atom is -0.320 e. The zero-order valence-corrected chi connectivity index (χ0v) is 31.6. The standard InChI is InChI=1S/C26H34OP.C19H12N.Ir/c27-28(24-4-2-1-3-5-24,25-12-18-6-19(13-25)8-20(7-18)14-25)26-15-21-9-22(16-26)11-23(10-21)17-26;1-2-8-14(9-3-1)19-17-12-5-4-10-15(17)16-11-6-7-13-18(16)20-19;/h1-4,18-23H,6-17H2;1-8,10-13H;/q2*-1;. The Hall–Kier alpha value is -2.57. The molecule has 1 aromatic heterocycles. The molecule has 13 rings (SSSR count). The molecule has 8 aliphatic rings. The van der Waals surface area contributed by atoms with E-state index in [0.29, 0.717) is 0 Å². The molecule has 8 bridgehead atoms. The van der Waals surface area contributed by atoms with Crippen LogP contribution in [0.1, 0.15) is 77.0 Å². The largest absolute Gasteiger partial charge is 0.320 e. The van der Waals surface area contributed by atoms with Gasteiger partial charge in [-0.25, -0.2) is 0 Å². The number of para-hydroxylation sites is 1. The third-order valence-electron chi connectivity index (χ3n) is 14.0. The number of hydrogen-bond acceptors (Lipinski definition) is 2. The fraction of sp³-hybridized carbons (Fsp3) is 0.444. The maximum Gasteiger partial charge on any atom is 0.104 e. The Morgan fingerprint density at radius 3 is 1.47 bits per heavy atom. The van der Waals surface area contributed by atoms with Crippen molar-refractivity contribution in [3.05, 3.63) is 109 Å². The molecule has 4 heteroatoms. The van der Waals surface area contributed by atoms with Crippen LogP contribution in [-0.4, -0.2) is 15.3 Å². The molecule has 0 saturated heterocycles. The van der Waals surface area contributed by atoms with Crippen molar-refractivity contribution in [1.82, 2.24) is 4.98 Å². The summed E-state index contributed by atoms with van der Waals surface area (Å²) >= 11 is 0. The normalized spacial score (nSPS) is 34.6. The predicted molar refractivity (Wildman–Crippen MR) is 198 cm³/mol. The first-order valence-electron chi connectivity index (χ1n) is 18.8. The van der Waals surface area contributed by atoms with Gasteiger partial charge in [-0.05, 0) is 135 Å². The van der Waals surface area contributed by atoms with Crippen LogP contribution < -0.4 is 5.30 Å².